The van der Waals surface area contributed by atoms with Gasteiger partial charge in [0.15, 0.2) is 0 Å². The highest BCUT2D eigenvalue weighted by molar-refractivity contribution is 6.32. The highest BCUT2D eigenvalue weighted by Gasteiger charge is 2.17. The van der Waals surface area contributed by atoms with E-state index in [1.165, 1.54) is 4.68 Å². The summed E-state index contributed by atoms with van der Waals surface area (Å²) in [4.78, 5) is 12.7. The van der Waals surface area contributed by atoms with Gasteiger partial charge < -0.3 is 20.1 Å². The molecule has 1 aromatic heterocycles. The number of benzene rings is 1. The number of piperidine rings is 1. The number of hydrogen-bond donors (Lipinski definition) is 2. The molecule has 1 atom stereocenters. The number of aromatic nitrogens is 2. The van der Waals surface area contributed by atoms with Crippen LogP contribution in [0, 0.1) is 5.92 Å². The molecule has 8 heteroatoms. The molecule has 0 spiro atoms. The number of nitrogens with one attached hydrogen (secondary N) is 2. The minimum Gasteiger partial charge on any atom is -0.490 e. The van der Waals surface area contributed by atoms with Crippen molar-refractivity contribution < 1.29 is 9.47 Å². The fourth-order valence-corrected chi connectivity index (χ4v) is 3.93. The molecule has 2 aliphatic rings. The van der Waals surface area contributed by atoms with Gasteiger partial charge in [0.25, 0.3) is 5.56 Å². The van der Waals surface area contributed by atoms with Crippen molar-refractivity contribution >= 4 is 17.3 Å². The van der Waals surface area contributed by atoms with Crippen LogP contribution in [0.5, 0.6) is 5.75 Å². The Morgan fingerprint density at radius 1 is 1.24 bits per heavy atom. The normalized spacial score (nSPS) is 20.4. The third kappa shape index (κ3) is 5.10. The zero-order chi connectivity index (χ0) is 20.1. The molecule has 0 aliphatic carbocycles. The van der Waals surface area contributed by atoms with Crippen molar-refractivity contribution in [1.29, 1.82) is 0 Å². The summed E-state index contributed by atoms with van der Waals surface area (Å²) in [6, 6.07) is 7.39. The van der Waals surface area contributed by atoms with Crippen molar-refractivity contribution in [2.24, 2.45) is 5.92 Å². The predicted octanol–water partition coefficient (Wildman–Crippen LogP) is 2.86. The minimum absolute atomic E-state index is 0.145. The van der Waals surface area contributed by atoms with Gasteiger partial charge in [-0.05, 0) is 69.0 Å². The maximum Gasteiger partial charge on any atom is 0.292 e. The molecule has 2 saturated heterocycles. The summed E-state index contributed by atoms with van der Waals surface area (Å²) in [7, 11) is 0. The monoisotopic (exact) mass is 418 g/mol. The van der Waals surface area contributed by atoms with Crippen LogP contribution in [0.15, 0.2) is 35.3 Å². The molecule has 3 heterocycles. The summed E-state index contributed by atoms with van der Waals surface area (Å²) in [5, 5.41) is 11.0. The van der Waals surface area contributed by atoms with Crippen LogP contribution in [0.4, 0.5) is 5.69 Å². The summed E-state index contributed by atoms with van der Waals surface area (Å²) >= 11 is 6.33. The van der Waals surface area contributed by atoms with E-state index in [1.54, 1.807) is 6.20 Å². The Labute approximate surface area is 175 Å². The second kappa shape index (κ2) is 9.61. The smallest absolute Gasteiger partial charge is 0.292 e. The third-order valence-corrected chi connectivity index (χ3v) is 5.79. The average Bonchev–Trinajstić information content (AvgIpc) is 2.77. The standard InChI is InChI=1S/C21H27ClN4O3/c22-20-19(24-12-15-2-1-11-28-14-15)13-25-26(21(20)27)16-3-5-17(6-4-16)29-18-7-9-23-10-8-18/h3-6,13,15,18,23-24H,1-2,7-12,14H2/t15-/m0/s1. The number of rotatable bonds is 6. The van der Waals surface area contributed by atoms with Gasteiger partial charge in [-0.25, -0.2) is 0 Å². The molecule has 29 heavy (non-hydrogen) atoms. The fourth-order valence-electron chi connectivity index (χ4n) is 3.73. The largest absolute Gasteiger partial charge is 0.490 e. The molecule has 4 rings (SSSR count). The highest BCUT2D eigenvalue weighted by Crippen LogP contribution is 2.21. The quantitative estimate of drug-likeness (QED) is 0.751. The average molecular weight is 419 g/mol. The van der Waals surface area contributed by atoms with E-state index in [9.17, 15) is 4.79 Å². The van der Waals surface area contributed by atoms with Crippen molar-refractivity contribution in [3.05, 3.63) is 45.8 Å². The van der Waals surface area contributed by atoms with Gasteiger partial charge in [0.2, 0.25) is 0 Å². The van der Waals surface area contributed by atoms with Crippen LogP contribution in [-0.4, -0.2) is 48.7 Å². The minimum atomic E-state index is -0.344. The summed E-state index contributed by atoms with van der Waals surface area (Å²) in [6.07, 6.45) is 6.02. The van der Waals surface area contributed by atoms with Gasteiger partial charge in [0.1, 0.15) is 16.9 Å². The molecule has 0 amide bonds. The van der Waals surface area contributed by atoms with Crippen LogP contribution >= 0.6 is 11.6 Å². The maximum atomic E-state index is 12.7. The number of anilines is 1. The zero-order valence-electron chi connectivity index (χ0n) is 16.4. The van der Waals surface area contributed by atoms with Crippen LogP contribution in [0.3, 0.4) is 0 Å². The molecular formula is C21H27ClN4O3. The highest BCUT2D eigenvalue weighted by atomic mass is 35.5. The summed E-state index contributed by atoms with van der Waals surface area (Å²) in [5.41, 5.74) is 0.870. The van der Waals surface area contributed by atoms with Crippen molar-refractivity contribution in [1.82, 2.24) is 15.1 Å². The Hall–Kier alpha value is -2.09. The van der Waals surface area contributed by atoms with Gasteiger partial charge in [-0.3, -0.25) is 4.79 Å². The first-order valence-electron chi connectivity index (χ1n) is 10.3. The van der Waals surface area contributed by atoms with E-state index in [2.05, 4.69) is 15.7 Å². The SMILES string of the molecule is O=c1c(Cl)c(NC[C@@H]2CCCOC2)cnn1-c1ccc(OC2CCNCC2)cc1. The Morgan fingerprint density at radius 3 is 2.76 bits per heavy atom. The Bertz CT molecular complexity index is 859. The molecule has 2 N–H and O–H groups in total. The summed E-state index contributed by atoms with van der Waals surface area (Å²) in [5.74, 6) is 1.22. The number of halogens is 1. The second-order valence-corrected chi connectivity index (χ2v) is 7.99. The zero-order valence-corrected chi connectivity index (χ0v) is 17.2. The first kappa shape index (κ1) is 20.2. The van der Waals surface area contributed by atoms with Crippen LogP contribution in [0.1, 0.15) is 25.7 Å². The van der Waals surface area contributed by atoms with Gasteiger partial charge in [-0.15, -0.1) is 0 Å². The molecule has 0 bridgehead atoms. The van der Waals surface area contributed by atoms with E-state index in [4.69, 9.17) is 21.1 Å². The molecule has 1 aromatic carbocycles. The lowest BCUT2D eigenvalue weighted by Crippen LogP contribution is -2.34. The van der Waals surface area contributed by atoms with E-state index in [-0.39, 0.29) is 16.7 Å². The van der Waals surface area contributed by atoms with E-state index in [1.807, 2.05) is 24.3 Å². The van der Waals surface area contributed by atoms with Crippen LogP contribution in [0.2, 0.25) is 5.02 Å². The Morgan fingerprint density at radius 2 is 2.03 bits per heavy atom. The van der Waals surface area contributed by atoms with Crippen LogP contribution in [-0.2, 0) is 4.74 Å². The first-order valence-corrected chi connectivity index (χ1v) is 10.7. The van der Waals surface area contributed by atoms with Crippen molar-refractivity contribution in [2.75, 3.05) is 38.2 Å². The summed E-state index contributed by atoms with van der Waals surface area (Å²) in [6.45, 7) is 4.24. The molecule has 2 aliphatic heterocycles. The molecule has 2 fully saturated rings. The van der Waals surface area contributed by atoms with Gasteiger partial charge >= 0.3 is 0 Å². The van der Waals surface area contributed by atoms with Crippen molar-refractivity contribution in [3.8, 4) is 11.4 Å². The van der Waals surface area contributed by atoms with E-state index in [0.29, 0.717) is 23.8 Å². The molecule has 0 saturated carbocycles. The topological polar surface area (TPSA) is 77.4 Å². The van der Waals surface area contributed by atoms with E-state index < -0.39 is 0 Å². The lowest BCUT2D eigenvalue weighted by Gasteiger charge is -2.24. The number of ether oxygens (including phenoxy) is 2. The maximum absolute atomic E-state index is 12.7. The van der Waals surface area contributed by atoms with Gasteiger partial charge in [-0.2, -0.15) is 9.78 Å². The van der Waals surface area contributed by atoms with Gasteiger partial charge in [0, 0.05) is 13.2 Å². The van der Waals surface area contributed by atoms with Crippen molar-refractivity contribution in [3.63, 3.8) is 0 Å². The molecule has 2 aromatic rings. The van der Waals surface area contributed by atoms with Gasteiger partial charge in [0.05, 0.1) is 24.2 Å². The lowest BCUT2D eigenvalue weighted by molar-refractivity contribution is 0.0595. The molecule has 0 unspecified atom stereocenters. The predicted molar refractivity (Wildman–Crippen MR) is 113 cm³/mol. The first-order chi connectivity index (χ1) is 14.2. The number of nitrogens with zero attached hydrogens (tertiary/aromatic N) is 2. The molecule has 0 radical (unpaired) electrons. The van der Waals surface area contributed by atoms with E-state index in [0.717, 1.165) is 57.7 Å². The Kier molecular flexibility index (Phi) is 6.69. The molecular weight excluding hydrogens is 392 g/mol. The molecule has 156 valence electrons. The summed E-state index contributed by atoms with van der Waals surface area (Å²) < 4.78 is 12.8. The number of hydrogen-bond acceptors (Lipinski definition) is 6. The fraction of sp³-hybridized carbons (Fsp3) is 0.524. The van der Waals surface area contributed by atoms with Gasteiger partial charge in [-0.1, -0.05) is 11.6 Å². The lowest BCUT2D eigenvalue weighted by atomic mass is 10.0. The van der Waals surface area contributed by atoms with Crippen LogP contribution < -0.4 is 20.9 Å². The van der Waals surface area contributed by atoms with E-state index >= 15 is 0 Å². The molecule has 7 nitrogen and oxygen atoms in total. The van der Waals surface area contributed by atoms with Crippen LogP contribution in [0.25, 0.3) is 5.69 Å². The Balaban J connectivity index is 1.42. The third-order valence-electron chi connectivity index (χ3n) is 5.42. The second-order valence-electron chi connectivity index (χ2n) is 7.61. The van der Waals surface area contributed by atoms with Crippen molar-refractivity contribution in [2.45, 2.75) is 31.8 Å².